The standard InChI is InChI=1S/C12H13F3N2O3S/c13-12(14,15)8-4-1-2-6-10(8)21(19,20)17-7-3-5-9(17)11(16)18/h1-2,4,6,9H,3,5,7H2,(H2,16,18). The first-order valence-electron chi connectivity index (χ1n) is 6.13. The molecule has 1 aliphatic rings. The Morgan fingerprint density at radius 3 is 2.48 bits per heavy atom. The van der Waals surface area contributed by atoms with E-state index in [-0.39, 0.29) is 13.0 Å². The van der Waals surface area contributed by atoms with Crippen molar-refractivity contribution in [2.24, 2.45) is 5.73 Å². The molecule has 0 spiro atoms. The van der Waals surface area contributed by atoms with E-state index in [0.29, 0.717) is 12.5 Å². The van der Waals surface area contributed by atoms with E-state index in [2.05, 4.69) is 0 Å². The molecule has 5 nitrogen and oxygen atoms in total. The summed E-state index contributed by atoms with van der Waals surface area (Å²) in [5.41, 5.74) is 3.87. The van der Waals surface area contributed by atoms with Crippen molar-refractivity contribution < 1.29 is 26.4 Å². The van der Waals surface area contributed by atoms with Gasteiger partial charge in [0.15, 0.2) is 0 Å². The molecule has 1 saturated heterocycles. The Morgan fingerprint density at radius 1 is 1.29 bits per heavy atom. The SMILES string of the molecule is NC(=O)C1CCCN1S(=O)(=O)c1ccccc1C(F)(F)F. The van der Waals surface area contributed by atoms with E-state index in [1.54, 1.807) is 0 Å². The van der Waals surface area contributed by atoms with Crippen molar-refractivity contribution in [2.75, 3.05) is 6.54 Å². The summed E-state index contributed by atoms with van der Waals surface area (Å²) < 4.78 is 64.5. The summed E-state index contributed by atoms with van der Waals surface area (Å²) in [6, 6.07) is 2.79. The second-order valence-corrected chi connectivity index (χ2v) is 6.53. The fourth-order valence-corrected chi connectivity index (χ4v) is 4.24. The predicted octanol–water partition coefficient (Wildman–Crippen LogP) is 1.34. The molecule has 1 heterocycles. The highest BCUT2D eigenvalue weighted by molar-refractivity contribution is 7.89. The van der Waals surface area contributed by atoms with Gasteiger partial charge in [0.05, 0.1) is 10.5 Å². The Kier molecular flexibility index (Phi) is 3.98. The zero-order valence-electron chi connectivity index (χ0n) is 10.8. The summed E-state index contributed by atoms with van der Waals surface area (Å²) >= 11 is 0. The summed E-state index contributed by atoms with van der Waals surface area (Å²) in [4.78, 5) is 10.4. The van der Waals surface area contributed by atoms with Gasteiger partial charge in [-0.3, -0.25) is 4.79 Å². The van der Waals surface area contributed by atoms with Gasteiger partial charge in [-0.2, -0.15) is 17.5 Å². The van der Waals surface area contributed by atoms with E-state index in [1.807, 2.05) is 0 Å². The van der Waals surface area contributed by atoms with Crippen LogP contribution in [0.4, 0.5) is 13.2 Å². The number of rotatable bonds is 3. The fraction of sp³-hybridized carbons (Fsp3) is 0.417. The highest BCUT2D eigenvalue weighted by Crippen LogP contribution is 2.36. The molecule has 0 bridgehead atoms. The van der Waals surface area contributed by atoms with E-state index < -0.39 is 38.6 Å². The molecule has 2 N–H and O–H groups in total. The predicted molar refractivity (Wildman–Crippen MR) is 67.6 cm³/mol. The monoisotopic (exact) mass is 322 g/mol. The lowest BCUT2D eigenvalue weighted by Gasteiger charge is -2.23. The van der Waals surface area contributed by atoms with Crippen molar-refractivity contribution in [3.05, 3.63) is 29.8 Å². The minimum absolute atomic E-state index is 0.0257. The molecule has 1 aromatic rings. The average Bonchev–Trinajstić information content (AvgIpc) is 2.88. The van der Waals surface area contributed by atoms with Gasteiger partial charge >= 0.3 is 6.18 Å². The highest BCUT2D eigenvalue weighted by atomic mass is 32.2. The lowest BCUT2D eigenvalue weighted by molar-refractivity contribution is -0.139. The number of hydrogen-bond donors (Lipinski definition) is 1. The zero-order valence-corrected chi connectivity index (χ0v) is 11.6. The van der Waals surface area contributed by atoms with Crippen LogP contribution in [0.15, 0.2) is 29.2 Å². The molecule has 2 rings (SSSR count). The van der Waals surface area contributed by atoms with Gasteiger partial charge in [-0.15, -0.1) is 0 Å². The first-order valence-corrected chi connectivity index (χ1v) is 7.57. The molecule has 1 aromatic carbocycles. The van der Waals surface area contributed by atoms with Crippen molar-refractivity contribution in [3.8, 4) is 0 Å². The number of halogens is 3. The minimum Gasteiger partial charge on any atom is -0.368 e. The fourth-order valence-electron chi connectivity index (χ4n) is 2.36. The first kappa shape index (κ1) is 15.8. The van der Waals surface area contributed by atoms with Crippen LogP contribution < -0.4 is 5.73 Å². The number of carbonyl (C=O) groups is 1. The molecule has 0 saturated carbocycles. The van der Waals surface area contributed by atoms with Crippen LogP contribution in [0.3, 0.4) is 0 Å². The normalized spacial score (nSPS) is 20.6. The Bertz CT molecular complexity index is 658. The van der Waals surface area contributed by atoms with E-state index in [1.165, 1.54) is 6.07 Å². The first-order chi connectivity index (χ1) is 9.65. The quantitative estimate of drug-likeness (QED) is 0.912. The summed E-state index contributed by atoms with van der Waals surface area (Å²) in [6.45, 7) is -0.0257. The van der Waals surface area contributed by atoms with Crippen LogP contribution in [0.25, 0.3) is 0 Å². The van der Waals surface area contributed by atoms with Crippen LogP contribution in [0, 0.1) is 0 Å². The van der Waals surface area contributed by atoms with E-state index in [0.717, 1.165) is 16.4 Å². The molecule has 1 aliphatic heterocycles. The molecule has 1 fully saturated rings. The number of nitrogens with zero attached hydrogens (tertiary/aromatic N) is 1. The number of amides is 1. The number of alkyl halides is 3. The van der Waals surface area contributed by atoms with Crippen molar-refractivity contribution in [3.63, 3.8) is 0 Å². The summed E-state index contributed by atoms with van der Waals surface area (Å²) in [5.74, 6) is -0.861. The Balaban J connectivity index is 2.53. The minimum atomic E-state index is -4.80. The molecule has 1 atom stereocenters. The molecule has 0 aromatic heterocycles. The van der Waals surface area contributed by atoms with Crippen molar-refractivity contribution >= 4 is 15.9 Å². The maximum Gasteiger partial charge on any atom is 0.417 e. The number of nitrogens with two attached hydrogens (primary N) is 1. The number of carbonyl (C=O) groups excluding carboxylic acids is 1. The van der Waals surface area contributed by atoms with Crippen LogP contribution in [-0.4, -0.2) is 31.2 Å². The molecule has 0 radical (unpaired) electrons. The topological polar surface area (TPSA) is 80.5 Å². The third kappa shape index (κ3) is 2.88. The molecule has 116 valence electrons. The Labute approximate surface area is 119 Å². The highest BCUT2D eigenvalue weighted by Gasteiger charge is 2.43. The molecular formula is C12H13F3N2O3S. The van der Waals surface area contributed by atoms with Gasteiger partial charge in [-0.1, -0.05) is 12.1 Å². The van der Waals surface area contributed by atoms with Crippen LogP contribution in [0.1, 0.15) is 18.4 Å². The molecule has 9 heteroatoms. The summed E-state index contributed by atoms with van der Waals surface area (Å²) in [6.07, 6.45) is -4.21. The van der Waals surface area contributed by atoms with Crippen LogP contribution >= 0.6 is 0 Å². The maximum absolute atomic E-state index is 12.9. The molecule has 1 unspecified atom stereocenters. The van der Waals surface area contributed by atoms with E-state index >= 15 is 0 Å². The maximum atomic E-state index is 12.9. The van der Waals surface area contributed by atoms with Crippen LogP contribution in [-0.2, 0) is 21.0 Å². The van der Waals surface area contributed by atoms with Crippen molar-refractivity contribution in [1.29, 1.82) is 0 Å². The second kappa shape index (κ2) is 5.30. The average molecular weight is 322 g/mol. The lowest BCUT2D eigenvalue weighted by atomic mass is 10.2. The Hall–Kier alpha value is -1.61. The summed E-state index contributed by atoms with van der Waals surface area (Å²) in [7, 11) is -4.43. The summed E-state index contributed by atoms with van der Waals surface area (Å²) in [5, 5.41) is 0. The lowest BCUT2D eigenvalue weighted by Crippen LogP contribution is -2.44. The van der Waals surface area contributed by atoms with Gasteiger partial charge in [0.2, 0.25) is 15.9 Å². The smallest absolute Gasteiger partial charge is 0.368 e. The third-order valence-electron chi connectivity index (χ3n) is 3.31. The number of hydrogen-bond acceptors (Lipinski definition) is 3. The van der Waals surface area contributed by atoms with Gasteiger partial charge in [0.1, 0.15) is 6.04 Å². The van der Waals surface area contributed by atoms with Gasteiger partial charge in [0, 0.05) is 6.54 Å². The van der Waals surface area contributed by atoms with Crippen molar-refractivity contribution in [1.82, 2.24) is 4.31 Å². The number of sulfonamides is 1. The number of benzene rings is 1. The Morgan fingerprint density at radius 2 is 1.90 bits per heavy atom. The van der Waals surface area contributed by atoms with Crippen LogP contribution in [0.5, 0.6) is 0 Å². The van der Waals surface area contributed by atoms with E-state index in [4.69, 9.17) is 5.73 Å². The third-order valence-corrected chi connectivity index (χ3v) is 5.28. The molecule has 0 aliphatic carbocycles. The van der Waals surface area contributed by atoms with Gasteiger partial charge in [-0.05, 0) is 25.0 Å². The molecule has 21 heavy (non-hydrogen) atoms. The van der Waals surface area contributed by atoms with Gasteiger partial charge < -0.3 is 5.73 Å². The van der Waals surface area contributed by atoms with Crippen molar-refractivity contribution in [2.45, 2.75) is 30.0 Å². The van der Waals surface area contributed by atoms with Gasteiger partial charge in [0.25, 0.3) is 0 Å². The largest absolute Gasteiger partial charge is 0.417 e. The number of primary amides is 1. The molecule has 1 amide bonds. The molecular weight excluding hydrogens is 309 g/mol. The van der Waals surface area contributed by atoms with E-state index in [9.17, 15) is 26.4 Å². The second-order valence-electron chi connectivity index (χ2n) is 4.67. The zero-order chi connectivity index (χ0) is 15.8. The van der Waals surface area contributed by atoms with Crippen LogP contribution in [0.2, 0.25) is 0 Å². The van der Waals surface area contributed by atoms with Gasteiger partial charge in [-0.25, -0.2) is 8.42 Å².